The van der Waals surface area contributed by atoms with E-state index >= 15 is 0 Å². The average molecular weight is 276 g/mol. The second-order valence-corrected chi connectivity index (χ2v) is 5.36. The highest BCUT2D eigenvalue weighted by atomic mass is 32.2. The fourth-order valence-electron chi connectivity index (χ4n) is 1.51. The summed E-state index contributed by atoms with van der Waals surface area (Å²) in [5.41, 5.74) is 0. The van der Waals surface area contributed by atoms with Gasteiger partial charge in [0, 0.05) is 18.6 Å². The third kappa shape index (κ3) is 10.1. The summed E-state index contributed by atoms with van der Waals surface area (Å²) in [7, 11) is 0. The monoisotopic (exact) mass is 276 g/mol. The molecule has 0 radical (unpaired) electrons. The lowest BCUT2D eigenvalue weighted by Gasteiger charge is -2.11. The molecule has 18 heavy (non-hydrogen) atoms. The van der Waals surface area contributed by atoms with Gasteiger partial charge in [-0.1, -0.05) is 18.2 Å². The van der Waals surface area contributed by atoms with Gasteiger partial charge in [0.25, 0.3) is 0 Å². The van der Waals surface area contributed by atoms with Crippen LogP contribution < -0.4 is 0 Å². The van der Waals surface area contributed by atoms with E-state index in [1.807, 2.05) is 0 Å². The highest BCUT2D eigenvalue weighted by Crippen LogP contribution is 2.21. The van der Waals surface area contributed by atoms with Crippen molar-refractivity contribution in [2.24, 2.45) is 0 Å². The number of thioether (sulfide) groups is 1. The van der Waals surface area contributed by atoms with Crippen LogP contribution in [-0.2, 0) is 19.1 Å². The fourth-order valence-corrected chi connectivity index (χ4v) is 2.49. The Morgan fingerprint density at radius 3 is 2.44 bits per heavy atom. The van der Waals surface area contributed by atoms with E-state index in [1.165, 1.54) is 6.92 Å². The predicted octanol–water partition coefficient (Wildman–Crippen LogP) is 2.23. The molecule has 1 unspecified atom stereocenters. The molecule has 1 N–H and O–H groups in total. The maximum absolute atomic E-state index is 11.1. The minimum Gasteiger partial charge on any atom is -0.481 e. The summed E-state index contributed by atoms with van der Waals surface area (Å²) in [4.78, 5) is 32.6. The molecule has 0 rings (SSSR count). The van der Waals surface area contributed by atoms with Crippen LogP contribution in [0.5, 0.6) is 0 Å². The molecular formula is C12H20O5S. The van der Waals surface area contributed by atoms with E-state index in [2.05, 4.69) is 0 Å². The van der Waals surface area contributed by atoms with Crippen molar-refractivity contribution in [2.45, 2.75) is 51.2 Å². The maximum atomic E-state index is 11.1. The molecule has 5 nitrogen and oxygen atoms in total. The zero-order valence-electron chi connectivity index (χ0n) is 10.8. The lowest BCUT2D eigenvalue weighted by Crippen LogP contribution is -2.12. The second kappa shape index (κ2) is 9.94. The standard InChI is InChI=1S/C12H20O5S/c1-3-17-12(16)7-5-4-6-10(8-11(14)15)18-9(2)13/h10H,3-8H2,1-2H3,(H,14,15). The Labute approximate surface area is 111 Å². The molecule has 0 aliphatic rings. The van der Waals surface area contributed by atoms with Gasteiger partial charge in [0.05, 0.1) is 13.0 Å². The van der Waals surface area contributed by atoms with Gasteiger partial charge in [-0.15, -0.1) is 0 Å². The van der Waals surface area contributed by atoms with Crippen molar-refractivity contribution in [3.63, 3.8) is 0 Å². The minimum absolute atomic E-state index is 0.0242. The number of unbranched alkanes of at least 4 members (excludes halogenated alkanes) is 1. The largest absolute Gasteiger partial charge is 0.481 e. The van der Waals surface area contributed by atoms with Crippen molar-refractivity contribution in [3.8, 4) is 0 Å². The Morgan fingerprint density at radius 1 is 1.28 bits per heavy atom. The molecule has 0 aromatic carbocycles. The topological polar surface area (TPSA) is 80.7 Å². The molecule has 0 fully saturated rings. The number of aliphatic carboxylic acids is 1. The Morgan fingerprint density at radius 2 is 1.94 bits per heavy atom. The van der Waals surface area contributed by atoms with Crippen LogP contribution in [0.15, 0.2) is 0 Å². The zero-order valence-corrected chi connectivity index (χ0v) is 11.6. The summed E-state index contributed by atoms with van der Waals surface area (Å²) in [5.74, 6) is -1.13. The molecule has 0 aromatic rings. The van der Waals surface area contributed by atoms with Crippen LogP contribution in [0.25, 0.3) is 0 Å². The first kappa shape index (κ1) is 17.0. The minimum atomic E-state index is -0.904. The van der Waals surface area contributed by atoms with E-state index in [1.54, 1.807) is 6.92 Å². The maximum Gasteiger partial charge on any atom is 0.305 e. The molecule has 0 saturated carbocycles. The zero-order chi connectivity index (χ0) is 14.0. The lowest BCUT2D eigenvalue weighted by atomic mass is 10.1. The average Bonchev–Trinajstić information content (AvgIpc) is 2.23. The van der Waals surface area contributed by atoms with Gasteiger partial charge in [0.15, 0.2) is 5.12 Å². The van der Waals surface area contributed by atoms with Gasteiger partial charge in [0.2, 0.25) is 0 Å². The summed E-state index contributed by atoms with van der Waals surface area (Å²) >= 11 is 1.06. The van der Waals surface area contributed by atoms with Crippen LogP contribution in [0.4, 0.5) is 0 Å². The van der Waals surface area contributed by atoms with Crippen molar-refractivity contribution in [2.75, 3.05) is 6.61 Å². The third-order valence-electron chi connectivity index (χ3n) is 2.20. The van der Waals surface area contributed by atoms with Gasteiger partial charge in [-0.3, -0.25) is 14.4 Å². The van der Waals surface area contributed by atoms with E-state index in [0.29, 0.717) is 25.9 Å². The molecular weight excluding hydrogens is 256 g/mol. The molecule has 6 heteroatoms. The molecule has 0 heterocycles. The predicted molar refractivity (Wildman–Crippen MR) is 69.4 cm³/mol. The first-order chi connectivity index (χ1) is 8.45. The van der Waals surface area contributed by atoms with E-state index < -0.39 is 5.97 Å². The first-order valence-corrected chi connectivity index (χ1v) is 6.88. The van der Waals surface area contributed by atoms with Gasteiger partial charge in [-0.05, 0) is 19.8 Å². The van der Waals surface area contributed by atoms with Crippen LogP contribution in [-0.4, -0.2) is 34.0 Å². The highest BCUT2D eigenvalue weighted by molar-refractivity contribution is 8.14. The van der Waals surface area contributed by atoms with Crippen molar-refractivity contribution in [1.29, 1.82) is 0 Å². The quantitative estimate of drug-likeness (QED) is 0.514. The van der Waals surface area contributed by atoms with E-state index in [0.717, 1.165) is 18.2 Å². The summed E-state index contributed by atoms with van der Waals surface area (Å²) < 4.78 is 4.79. The SMILES string of the molecule is CCOC(=O)CCCCC(CC(=O)O)SC(C)=O. The summed E-state index contributed by atoms with van der Waals surface area (Å²) in [6, 6.07) is 0. The van der Waals surface area contributed by atoms with E-state index in [4.69, 9.17) is 9.84 Å². The van der Waals surface area contributed by atoms with Gasteiger partial charge in [-0.25, -0.2) is 0 Å². The summed E-state index contributed by atoms with van der Waals surface area (Å²) in [6.45, 7) is 3.56. The first-order valence-electron chi connectivity index (χ1n) is 6.00. The number of hydrogen-bond donors (Lipinski definition) is 1. The molecule has 0 saturated heterocycles. The Balaban J connectivity index is 3.85. The Bertz CT molecular complexity index is 274. The van der Waals surface area contributed by atoms with Gasteiger partial charge in [0.1, 0.15) is 0 Å². The smallest absolute Gasteiger partial charge is 0.305 e. The molecule has 0 aliphatic carbocycles. The van der Waals surface area contributed by atoms with E-state index in [9.17, 15) is 14.4 Å². The van der Waals surface area contributed by atoms with Crippen LogP contribution >= 0.6 is 11.8 Å². The molecule has 0 bridgehead atoms. The Hall–Kier alpha value is -1.04. The number of carboxylic acid groups (broad SMARTS) is 1. The number of esters is 1. The normalized spacial score (nSPS) is 11.9. The van der Waals surface area contributed by atoms with Crippen LogP contribution in [0.2, 0.25) is 0 Å². The van der Waals surface area contributed by atoms with Gasteiger partial charge < -0.3 is 9.84 Å². The van der Waals surface area contributed by atoms with Crippen molar-refractivity contribution in [3.05, 3.63) is 0 Å². The number of rotatable bonds is 9. The molecule has 0 amide bonds. The molecule has 0 aromatic heterocycles. The number of hydrogen-bond acceptors (Lipinski definition) is 5. The van der Waals surface area contributed by atoms with E-state index in [-0.39, 0.29) is 22.8 Å². The third-order valence-corrected chi connectivity index (χ3v) is 3.26. The lowest BCUT2D eigenvalue weighted by molar-refractivity contribution is -0.143. The van der Waals surface area contributed by atoms with Crippen molar-refractivity contribution in [1.82, 2.24) is 0 Å². The van der Waals surface area contributed by atoms with Gasteiger partial charge in [-0.2, -0.15) is 0 Å². The number of carbonyl (C=O) groups is 3. The highest BCUT2D eigenvalue weighted by Gasteiger charge is 2.16. The number of carbonyl (C=O) groups excluding carboxylic acids is 2. The fraction of sp³-hybridized carbons (Fsp3) is 0.750. The van der Waals surface area contributed by atoms with Crippen LogP contribution in [0.3, 0.4) is 0 Å². The van der Waals surface area contributed by atoms with Crippen molar-refractivity contribution >= 4 is 28.8 Å². The molecule has 0 spiro atoms. The number of ether oxygens (including phenoxy) is 1. The second-order valence-electron chi connectivity index (χ2n) is 3.88. The Kier molecular flexibility index (Phi) is 9.36. The molecule has 0 aliphatic heterocycles. The number of carboxylic acids is 1. The molecule has 104 valence electrons. The van der Waals surface area contributed by atoms with Crippen molar-refractivity contribution < 1.29 is 24.2 Å². The summed E-state index contributed by atoms with van der Waals surface area (Å²) in [6.07, 6.45) is 2.32. The van der Waals surface area contributed by atoms with Crippen LogP contribution in [0.1, 0.15) is 46.0 Å². The summed E-state index contributed by atoms with van der Waals surface area (Å²) in [5, 5.41) is 8.43. The molecule has 1 atom stereocenters. The van der Waals surface area contributed by atoms with Gasteiger partial charge >= 0.3 is 11.9 Å². The van der Waals surface area contributed by atoms with Crippen LogP contribution in [0, 0.1) is 0 Å².